The highest BCUT2D eigenvalue weighted by Crippen LogP contribution is 2.42. The minimum absolute atomic E-state index is 0.164. The second-order valence-electron chi connectivity index (χ2n) is 7.65. The SMILES string of the molecule is CCCn1ccnc1CN1CC2(CO[C@@H](Cc3cccc(F)c3)C2)C1. The molecule has 2 saturated heterocycles. The van der Waals surface area contributed by atoms with E-state index in [2.05, 4.69) is 27.6 Å². The van der Waals surface area contributed by atoms with E-state index >= 15 is 0 Å². The van der Waals surface area contributed by atoms with Crippen molar-refractivity contribution >= 4 is 0 Å². The molecule has 0 N–H and O–H groups in total. The number of benzene rings is 1. The Hall–Kier alpha value is -1.72. The summed E-state index contributed by atoms with van der Waals surface area (Å²) in [7, 11) is 0. The number of likely N-dealkylation sites (tertiary alicyclic amines) is 1. The van der Waals surface area contributed by atoms with Crippen LogP contribution >= 0.6 is 0 Å². The highest BCUT2D eigenvalue weighted by atomic mass is 19.1. The maximum Gasteiger partial charge on any atom is 0.123 e. The molecule has 5 heteroatoms. The van der Waals surface area contributed by atoms with Crippen molar-refractivity contribution in [3.63, 3.8) is 0 Å². The average Bonchev–Trinajstić information content (AvgIpc) is 3.15. The molecule has 0 saturated carbocycles. The van der Waals surface area contributed by atoms with Gasteiger partial charge in [0.15, 0.2) is 0 Å². The van der Waals surface area contributed by atoms with Gasteiger partial charge in [0.1, 0.15) is 11.6 Å². The highest BCUT2D eigenvalue weighted by Gasteiger charge is 2.48. The number of ether oxygens (including phenoxy) is 1. The largest absolute Gasteiger partial charge is 0.377 e. The third kappa shape index (κ3) is 3.62. The predicted molar refractivity (Wildman–Crippen MR) is 94.7 cm³/mol. The third-order valence-corrected chi connectivity index (χ3v) is 5.39. The van der Waals surface area contributed by atoms with Gasteiger partial charge < -0.3 is 9.30 Å². The molecule has 3 heterocycles. The summed E-state index contributed by atoms with van der Waals surface area (Å²) >= 11 is 0. The Morgan fingerprint density at radius 2 is 2.24 bits per heavy atom. The van der Waals surface area contributed by atoms with E-state index in [1.54, 1.807) is 12.1 Å². The van der Waals surface area contributed by atoms with Crippen molar-refractivity contribution in [2.24, 2.45) is 5.41 Å². The molecule has 2 aliphatic heterocycles. The van der Waals surface area contributed by atoms with Crippen LogP contribution in [0, 0.1) is 11.2 Å². The smallest absolute Gasteiger partial charge is 0.123 e. The van der Waals surface area contributed by atoms with E-state index in [9.17, 15) is 4.39 Å². The van der Waals surface area contributed by atoms with Crippen LogP contribution in [0.5, 0.6) is 0 Å². The van der Waals surface area contributed by atoms with Gasteiger partial charge in [-0.2, -0.15) is 0 Å². The Kier molecular flexibility index (Phi) is 4.61. The number of rotatable bonds is 6. The van der Waals surface area contributed by atoms with E-state index in [0.29, 0.717) is 5.41 Å². The molecule has 4 rings (SSSR count). The van der Waals surface area contributed by atoms with Gasteiger partial charge in [0.25, 0.3) is 0 Å². The zero-order valence-corrected chi connectivity index (χ0v) is 14.8. The number of hydrogen-bond donors (Lipinski definition) is 0. The van der Waals surface area contributed by atoms with Crippen molar-refractivity contribution < 1.29 is 9.13 Å². The third-order valence-electron chi connectivity index (χ3n) is 5.39. The van der Waals surface area contributed by atoms with Crippen LogP contribution in [0.4, 0.5) is 4.39 Å². The molecule has 1 aromatic carbocycles. The van der Waals surface area contributed by atoms with Crippen molar-refractivity contribution in [3.8, 4) is 0 Å². The number of aryl methyl sites for hydroxylation is 1. The van der Waals surface area contributed by atoms with Crippen molar-refractivity contribution in [2.75, 3.05) is 19.7 Å². The van der Waals surface area contributed by atoms with Gasteiger partial charge in [-0.25, -0.2) is 9.37 Å². The van der Waals surface area contributed by atoms with Crippen LogP contribution in [0.3, 0.4) is 0 Å². The minimum atomic E-state index is -0.164. The summed E-state index contributed by atoms with van der Waals surface area (Å²) in [6.07, 6.45) is 7.19. The molecule has 1 spiro atoms. The van der Waals surface area contributed by atoms with Crippen LogP contribution in [-0.4, -0.2) is 40.3 Å². The van der Waals surface area contributed by atoms with Crippen LogP contribution < -0.4 is 0 Å². The average molecular weight is 343 g/mol. The first-order valence-corrected chi connectivity index (χ1v) is 9.24. The number of nitrogens with zero attached hydrogens (tertiary/aromatic N) is 3. The molecule has 0 bridgehead atoms. The molecule has 1 aromatic heterocycles. The van der Waals surface area contributed by atoms with E-state index in [1.165, 1.54) is 6.07 Å². The van der Waals surface area contributed by atoms with Gasteiger partial charge in [-0.3, -0.25) is 4.90 Å². The maximum atomic E-state index is 13.3. The van der Waals surface area contributed by atoms with Gasteiger partial charge in [0.05, 0.1) is 19.3 Å². The van der Waals surface area contributed by atoms with Gasteiger partial charge in [-0.05, 0) is 37.0 Å². The quantitative estimate of drug-likeness (QED) is 0.806. The normalized spacial score (nSPS) is 22.4. The van der Waals surface area contributed by atoms with E-state index in [0.717, 1.165) is 63.4 Å². The standard InChI is InChI=1S/C20H26FN3O/c1-2-7-24-8-6-22-19(24)12-23-13-20(14-23)11-18(25-15-20)10-16-4-3-5-17(21)9-16/h3-6,8-9,18H,2,7,10-15H2,1H3/t18-/m0/s1. The number of aromatic nitrogens is 2. The van der Waals surface area contributed by atoms with Crippen molar-refractivity contribution in [2.45, 2.75) is 45.4 Å². The van der Waals surface area contributed by atoms with E-state index in [-0.39, 0.29) is 11.9 Å². The van der Waals surface area contributed by atoms with Gasteiger partial charge in [-0.15, -0.1) is 0 Å². The first kappa shape index (κ1) is 16.7. The summed E-state index contributed by atoms with van der Waals surface area (Å²) < 4.78 is 21.6. The fourth-order valence-electron chi connectivity index (χ4n) is 4.32. The van der Waals surface area contributed by atoms with Gasteiger partial charge in [0.2, 0.25) is 0 Å². The minimum Gasteiger partial charge on any atom is -0.377 e. The zero-order valence-electron chi connectivity index (χ0n) is 14.8. The lowest BCUT2D eigenvalue weighted by molar-refractivity contribution is -0.0160. The molecular weight excluding hydrogens is 317 g/mol. The second kappa shape index (κ2) is 6.89. The lowest BCUT2D eigenvalue weighted by Crippen LogP contribution is -2.56. The van der Waals surface area contributed by atoms with E-state index in [1.807, 2.05) is 12.3 Å². The number of hydrogen-bond acceptors (Lipinski definition) is 3. The monoisotopic (exact) mass is 343 g/mol. The van der Waals surface area contributed by atoms with E-state index in [4.69, 9.17) is 4.74 Å². The molecular formula is C20H26FN3O. The molecule has 0 amide bonds. The summed E-state index contributed by atoms with van der Waals surface area (Å²) in [5.41, 5.74) is 1.32. The summed E-state index contributed by atoms with van der Waals surface area (Å²) in [5, 5.41) is 0. The Morgan fingerprint density at radius 3 is 3.04 bits per heavy atom. The van der Waals surface area contributed by atoms with Gasteiger partial charge >= 0.3 is 0 Å². The zero-order chi connectivity index (χ0) is 17.3. The number of halogens is 1. The van der Waals surface area contributed by atoms with Crippen LogP contribution in [-0.2, 0) is 24.2 Å². The van der Waals surface area contributed by atoms with Crippen molar-refractivity contribution in [1.82, 2.24) is 14.5 Å². The molecule has 25 heavy (non-hydrogen) atoms. The highest BCUT2D eigenvalue weighted by molar-refractivity contribution is 5.18. The molecule has 0 radical (unpaired) electrons. The van der Waals surface area contributed by atoms with Crippen LogP contribution in [0.25, 0.3) is 0 Å². The van der Waals surface area contributed by atoms with Crippen LogP contribution in [0.15, 0.2) is 36.7 Å². The first-order valence-electron chi connectivity index (χ1n) is 9.24. The number of imidazole rings is 1. The summed E-state index contributed by atoms with van der Waals surface area (Å²) in [6, 6.07) is 6.87. The second-order valence-corrected chi connectivity index (χ2v) is 7.65. The predicted octanol–water partition coefficient (Wildman–Crippen LogP) is 3.27. The van der Waals surface area contributed by atoms with E-state index < -0.39 is 0 Å². The van der Waals surface area contributed by atoms with Crippen molar-refractivity contribution in [1.29, 1.82) is 0 Å². The molecule has 2 aromatic rings. The van der Waals surface area contributed by atoms with Crippen LogP contribution in [0.1, 0.15) is 31.2 Å². The molecule has 2 fully saturated rings. The molecule has 2 aliphatic rings. The molecule has 0 aliphatic carbocycles. The summed E-state index contributed by atoms with van der Waals surface area (Å²) in [6.45, 7) is 7.12. The fraction of sp³-hybridized carbons (Fsp3) is 0.550. The Labute approximate surface area is 148 Å². The van der Waals surface area contributed by atoms with Gasteiger partial charge in [0, 0.05) is 37.4 Å². The Balaban J connectivity index is 1.29. The summed E-state index contributed by atoms with van der Waals surface area (Å²) in [4.78, 5) is 6.97. The topological polar surface area (TPSA) is 30.3 Å². The molecule has 4 nitrogen and oxygen atoms in total. The first-order chi connectivity index (χ1) is 12.2. The fourth-order valence-corrected chi connectivity index (χ4v) is 4.32. The Morgan fingerprint density at radius 1 is 1.36 bits per heavy atom. The Bertz CT molecular complexity index is 723. The van der Waals surface area contributed by atoms with Crippen LogP contribution in [0.2, 0.25) is 0 Å². The lowest BCUT2D eigenvalue weighted by Gasteiger charge is -2.47. The van der Waals surface area contributed by atoms with Crippen molar-refractivity contribution in [3.05, 3.63) is 53.9 Å². The maximum absolute atomic E-state index is 13.3. The summed E-state index contributed by atoms with van der Waals surface area (Å²) in [5.74, 6) is 0.995. The van der Waals surface area contributed by atoms with Gasteiger partial charge in [-0.1, -0.05) is 19.1 Å². The lowest BCUT2D eigenvalue weighted by atomic mass is 9.77. The molecule has 1 atom stereocenters. The molecule has 0 unspecified atom stereocenters. The molecule has 134 valence electrons.